The molecule has 0 radical (unpaired) electrons. The summed E-state index contributed by atoms with van der Waals surface area (Å²) in [6.07, 6.45) is 5.89. The van der Waals surface area contributed by atoms with Crippen LogP contribution in [-0.2, 0) is 16.0 Å². The second-order valence-electron chi connectivity index (χ2n) is 12.8. The number of rotatable bonds is 7. The van der Waals surface area contributed by atoms with Gasteiger partial charge in [-0.15, -0.1) is 0 Å². The number of benzene rings is 1. The van der Waals surface area contributed by atoms with Crippen LogP contribution in [0.2, 0.25) is 0 Å². The highest BCUT2D eigenvalue weighted by atomic mass is 16.6. The molecular formula is C30H49N3O5. The van der Waals surface area contributed by atoms with Gasteiger partial charge in [-0.2, -0.15) is 0 Å². The van der Waals surface area contributed by atoms with Gasteiger partial charge >= 0.3 is 6.09 Å². The normalized spacial score (nSPS) is 26.7. The average Bonchev–Trinajstić information content (AvgIpc) is 2.87. The number of carbonyl (C=O) groups excluding carboxylic acids is 1. The number of nitrogens with zero attached hydrogens (tertiary/aromatic N) is 3. The molecule has 0 aromatic heterocycles. The minimum atomic E-state index is -1.12. The van der Waals surface area contributed by atoms with Crippen molar-refractivity contribution in [1.29, 1.82) is 0 Å². The van der Waals surface area contributed by atoms with E-state index in [0.717, 1.165) is 51.4 Å². The molecule has 1 N–H and O–H groups in total. The molecule has 0 bridgehead atoms. The first kappa shape index (κ1) is 29.1. The predicted molar refractivity (Wildman–Crippen MR) is 148 cm³/mol. The number of carbonyl (C=O) groups is 1. The van der Waals surface area contributed by atoms with Crippen LogP contribution in [0.15, 0.2) is 24.3 Å². The van der Waals surface area contributed by atoms with Crippen molar-refractivity contribution in [3.8, 4) is 5.75 Å². The van der Waals surface area contributed by atoms with Crippen LogP contribution in [0.25, 0.3) is 0 Å². The first-order valence-corrected chi connectivity index (χ1v) is 14.4. The first-order valence-electron chi connectivity index (χ1n) is 14.4. The zero-order chi connectivity index (χ0) is 27.4. The van der Waals surface area contributed by atoms with Gasteiger partial charge in [0.25, 0.3) is 0 Å². The van der Waals surface area contributed by atoms with Crippen LogP contribution in [0.3, 0.4) is 0 Å². The molecule has 4 rings (SSSR count). The standard InChI is InChI=1S/C30H49N3O5/c1-28(2,3)38-27(34)31(5)26-21-30(37-23-29(26,4)35)12-16-33(17-13-30)22-24-10-9-11-25(20-24)36-19-18-32-14-7-6-8-15-32/h9-11,20,26,35H,6-8,12-19,21-23H2,1-5H3/t26-,29-/m0/s1. The highest BCUT2D eigenvalue weighted by molar-refractivity contribution is 5.68. The van der Waals surface area contributed by atoms with Crippen molar-refractivity contribution < 1.29 is 24.1 Å². The summed E-state index contributed by atoms with van der Waals surface area (Å²) in [5, 5.41) is 11.1. The minimum Gasteiger partial charge on any atom is -0.492 e. The monoisotopic (exact) mass is 531 g/mol. The Hall–Kier alpha value is -1.87. The van der Waals surface area contributed by atoms with E-state index in [-0.39, 0.29) is 18.2 Å². The average molecular weight is 532 g/mol. The van der Waals surface area contributed by atoms with Gasteiger partial charge < -0.3 is 24.2 Å². The van der Waals surface area contributed by atoms with E-state index in [1.807, 2.05) is 26.8 Å². The van der Waals surface area contributed by atoms with Crippen molar-refractivity contribution in [2.75, 3.05) is 53.0 Å². The predicted octanol–water partition coefficient (Wildman–Crippen LogP) is 4.29. The van der Waals surface area contributed by atoms with E-state index in [1.165, 1.54) is 37.9 Å². The van der Waals surface area contributed by atoms with E-state index in [4.69, 9.17) is 14.2 Å². The fraction of sp³-hybridized carbons (Fsp3) is 0.767. The number of likely N-dealkylation sites (N-methyl/N-ethyl adjacent to an activating group) is 1. The van der Waals surface area contributed by atoms with Crippen LogP contribution >= 0.6 is 0 Å². The number of amides is 1. The molecule has 8 nitrogen and oxygen atoms in total. The summed E-state index contributed by atoms with van der Waals surface area (Å²) < 4.78 is 18.0. The summed E-state index contributed by atoms with van der Waals surface area (Å²) in [6.45, 7) is 14.3. The molecule has 3 aliphatic heterocycles. The number of likely N-dealkylation sites (tertiary alicyclic amines) is 2. The lowest BCUT2D eigenvalue weighted by atomic mass is 9.77. The Labute approximate surface area is 229 Å². The summed E-state index contributed by atoms with van der Waals surface area (Å²) in [6, 6.07) is 8.10. The Bertz CT molecular complexity index is 917. The van der Waals surface area contributed by atoms with Gasteiger partial charge in [0.2, 0.25) is 0 Å². The Morgan fingerprint density at radius 3 is 2.53 bits per heavy atom. The molecule has 3 heterocycles. The van der Waals surface area contributed by atoms with Crippen molar-refractivity contribution in [3.05, 3.63) is 29.8 Å². The molecule has 3 aliphatic rings. The highest BCUT2D eigenvalue weighted by Gasteiger charge is 2.51. The maximum atomic E-state index is 12.8. The summed E-state index contributed by atoms with van der Waals surface area (Å²) in [5.41, 5.74) is -0.783. The van der Waals surface area contributed by atoms with Crippen molar-refractivity contribution in [1.82, 2.24) is 14.7 Å². The van der Waals surface area contributed by atoms with Gasteiger partial charge in [-0.25, -0.2) is 4.79 Å². The van der Waals surface area contributed by atoms with Gasteiger partial charge in [0.05, 0.1) is 18.2 Å². The Kier molecular flexibility index (Phi) is 9.28. The Balaban J connectivity index is 1.28. The molecular weight excluding hydrogens is 482 g/mol. The molecule has 0 saturated carbocycles. The summed E-state index contributed by atoms with van der Waals surface area (Å²) in [5.74, 6) is 0.943. The lowest BCUT2D eigenvalue weighted by Crippen LogP contribution is -2.64. The van der Waals surface area contributed by atoms with E-state index in [2.05, 4.69) is 28.0 Å². The maximum absolute atomic E-state index is 12.8. The zero-order valence-corrected chi connectivity index (χ0v) is 24.2. The number of piperidine rings is 2. The zero-order valence-electron chi connectivity index (χ0n) is 24.2. The van der Waals surface area contributed by atoms with Crippen LogP contribution < -0.4 is 4.74 Å². The number of hydrogen-bond donors (Lipinski definition) is 1. The molecule has 8 heteroatoms. The van der Waals surface area contributed by atoms with Crippen LogP contribution in [-0.4, -0.2) is 102 Å². The van der Waals surface area contributed by atoms with E-state index >= 15 is 0 Å². The van der Waals surface area contributed by atoms with Crippen LogP contribution in [0.5, 0.6) is 5.75 Å². The maximum Gasteiger partial charge on any atom is 0.410 e. The van der Waals surface area contributed by atoms with Crippen LogP contribution in [0.1, 0.15) is 71.8 Å². The molecule has 0 aliphatic carbocycles. The molecule has 1 spiro atoms. The molecule has 1 aromatic carbocycles. The fourth-order valence-electron chi connectivity index (χ4n) is 5.98. The van der Waals surface area contributed by atoms with Gasteiger partial charge in [-0.3, -0.25) is 9.80 Å². The van der Waals surface area contributed by atoms with Gasteiger partial charge in [-0.1, -0.05) is 18.6 Å². The third kappa shape index (κ3) is 7.84. The fourth-order valence-corrected chi connectivity index (χ4v) is 5.98. The summed E-state index contributed by atoms with van der Waals surface area (Å²) in [4.78, 5) is 19.3. The lowest BCUT2D eigenvalue weighted by molar-refractivity contribution is -0.206. The van der Waals surface area contributed by atoms with E-state index in [0.29, 0.717) is 6.42 Å². The molecule has 214 valence electrons. The highest BCUT2D eigenvalue weighted by Crippen LogP contribution is 2.40. The van der Waals surface area contributed by atoms with Gasteiger partial charge in [0.15, 0.2) is 0 Å². The summed E-state index contributed by atoms with van der Waals surface area (Å²) >= 11 is 0. The summed E-state index contributed by atoms with van der Waals surface area (Å²) in [7, 11) is 1.73. The van der Waals surface area contributed by atoms with Crippen molar-refractivity contribution in [2.45, 2.75) is 95.6 Å². The molecule has 1 aromatic rings. The SMILES string of the molecule is CN(C(=O)OC(C)(C)C)[C@H]1CC2(CCN(Cc3cccc(OCCN4CCCCC4)c3)CC2)OC[C@]1(C)O. The van der Waals surface area contributed by atoms with Gasteiger partial charge in [0, 0.05) is 33.2 Å². The van der Waals surface area contributed by atoms with Crippen molar-refractivity contribution in [2.24, 2.45) is 0 Å². The van der Waals surface area contributed by atoms with Gasteiger partial charge in [0.1, 0.15) is 23.6 Å². The molecule has 0 unspecified atom stereocenters. The van der Waals surface area contributed by atoms with E-state index in [9.17, 15) is 9.90 Å². The third-order valence-corrected chi connectivity index (χ3v) is 8.30. The molecule has 3 saturated heterocycles. The molecule has 3 fully saturated rings. The second-order valence-corrected chi connectivity index (χ2v) is 12.8. The van der Waals surface area contributed by atoms with E-state index in [1.54, 1.807) is 18.9 Å². The molecule has 2 atom stereocenters. The van der Waals surface area contributed by atoms with E-state index < -0.39 is 17.3 Å². The topological polar surface area (TPSA) is 74.7 Å². The lowest BCUT2D eigenvalue weighted by Gasteiger charge is -2.52. The van der Waals surface area contributed by atoms with Gasteiger partial charge in [-0.05, 0) is 90.6 Å². The quantitative estimate of drug-likeness (QED) is 0.563. The van der Waals surface area contributed by atoms with Crippen molar-refractivity contribution in [3.63, 3.8) is 0 Å². The third-order valence-electron chi connectivity index (χ3n) is 8.30. The minimum absolute atomic E-state index is 0.210. The first-order chi connectivity index (χ1) is 17.9. The smallest absolute Gasteiger partial charge is 0.410 e. The number of ether oxygens (including phenoxy) is 3. The number of hydrogen-bond acceptors (Lipinski definition) is 7. The largest absolute Gasteiger partial charge is 0.492 e. The van der Waals surface area contributed by atoms with Crippen LogP contribution in [0, 0.1) is 0 Å². The second kappa shape index (κ2) is 12.1. The molecule has 38 heavy (non-hydrogen) atoms. The Morgan fingerprint density at radius 1 is 1.13 bits per heavy atom. The van der Waals surface area contributed by atoms with Crippen molar-refractivity contribution >= 4 is 6.09 Å². The van der Waals surface area contributed by atoms with Crippen LogP contribution in [0.4, 0.5) is 4.79 Å². The Morgan fingerprint density at radius 2 is 1.84 bits per heavy atom. The number of aliphatic hydroxyl groups is 1. The molecule has 1 amide bonds.